The normalized spacial score (nSPS) is 27.3. The first-order valence-electron chi connectivity index (χ1n) is 45.4. The first-order chi connectivity index (χ1) is 61.5. The van der Waals surface area contributed by atoms with Crippen LogP contribution in [0.2, 0.25) is 0 Å². The molecule has 128 heavy (non-hydrogen) atoms. The zero-order chi connectivity index (χ0) is 91.6. The fraction of sp³-hybridized carbons (Fsp3) is 0.645. The van der Waals surface area contributed by atoms with Gasteiger partial charge in [0.1, 0.15) is 53.8 Å². The number of nitrogens with zero attached hydrogens (tertiary/aromatic N) is 8. The number of methoxy groups -OCH3 is 2. The number of nitrogen functional groups attached to an aromatic ring is 2. The smallest absolute Gasteiger partial charge is 0.410 e. The van der Waals surface area contributed by atoms with Gasteiger partial charge in [0.05, 0.1) is 121 Å². The molecular weight excluding hydrogens is 1650 g/mol. The Labute approximate surface area is 748 Å². The predicted octanol–water partition coefficient (Wildman–Crippen LogP) is 7.33. The summed E-state index contributed by atoms with van der Waals surface area (Å²) < 4.78 is 71.8. The second-order valence-electron chi connectivity index (χ2n) is 35.2. The van der Waals surface area contributed by atoms with Gasteiger partial charge in [-0.3, -0.25) is 24.0 Å². The highest BCUT2D eigenvalue weighted by Crippen LogP contribution is 2.40. The highest BCUT2D eigenvalue weighted by atomic mass is 16.6. The number of ketones is 2. The Balaban J connectivity index is 0.534. The number of benzene rings is 2. The zero-order valence-electron chi connectivity index (χ0n) is 75.5. The number of Topliss-reactive ketones (excluding diaryl/α,β-unsaturated/α-hetero) is 2. The van der Waals surface area contributed by atoms with E-state index in [1.807, 2.05) is 72.9 Å². The van der Waals surface area contributed by atoms with E-state index in [4.69, 9.17) is 84.6 Å². The van der Waals surface area contributed by atoms with Crippen LogP contribution in [-0.4, -0.2) is 288 Å². The minimum atomic E-state index is -2.47. The van der Waals surface area contributed by atoms with E-state index in [2.05, 4.69) is 38.5 Å². The maximum absolute atomic E-state index is 14.7. The van der Waals surface area contributed by atoms with Gasteiger partial charge in [0.2, 0.25) is 17.6 Å². The van der Waals surface area contributed by atoms with Gasteiger partial charge < -0.3 is 115 Å². The van der Waals surface area contributed by atoms with Crippen LogP contribution >= 0.6 is 0 Å². The van der Waals surface area contributed by atoms with Crippen molar-refractivity contribution in [2.24, 2.45) is 41.1 Å². The predicted molar refractivity (Wildman–Crippen MR) is 475 cm³/mol. The summed E-state index contributed by atoms with van der Waals surface area (Å²) in [6, 6.07) is 9.96. The zero-order valence-corrected chi connectivity index (χ0v) is 75.5. The maximum atomic E-state index is 14.7. The summed E-state index contributed by atoms with van der Waals surface area (Å²) in [5.41, 5.74) is 32.5. The van der Waals surface area contributed by atoms with E-state index in [0.29, 0.717) is 189 Å². The Hall–Kier alpha value is -9.05. The second-order valence-corrected chi connectivity index (χ2v) is 35.2. The summed E-state index contributed by atoms with van der Waals surface area (Å²) in [7, 11) is 3.11. The number of cyclic esters (lactones) is 1. The van der Waals surface area contributed by atoms with Crippen LogP contribution in [0.4, 0.5) is 16.6 Å². The number of carbonyl (C=O) groups is 7. The first-order valence-corrected chi connectivity index (χ1v) is 45.4. The molecule has 35 nitrogen and oxygen atoms in total. The van der Waals surface area contributed by atoms with Crippen molar-refractivity contribution >= 4 is 75.3 Å². The van der Waals surface area contributed by atoms with Crippen LogP contribution in [0.3, 0.4) is 0 Å². The molecule has 12 N–H and O–H groups in total. The second kappa shape index (κ2) is 48.2. The summed E-state index contributed by atoms with van der Waals surface area (Å²) in [6.07, 6.45) is 12.5. The van der Waals surface area contributed by atoms with E-state index >= 15 is 0 Å². The number of likely N-dealkylation sites (tertiary alicyclic amines) is 1. The summed E-state index contributed by atoms with van der Waals surface area (Å²) in [4.78, 5) is 115. The van der Waals surface area contributed by atoms with Crippen LogP contribution in [0.5, 0.6) is 0 Å². The van der Waals surface area contributed by atoms with Crippen LogP contribution in [0, 0.1) is 29.6 Å². The van der Waals surface area contributed by atoms with Crippen molar-refractivity contribution in [1.29, 1.82) is 0 Å². The Morgan fingerprint density at radius 3 is 2.11 bits per heavy atom. The summed E-state index contributed by atoms with van der Waals surface area (Å²) in [5, 5.41) is 43.2. The molecule has 2 aromatic carbocycles. The number of oxazole rings is 1. The number of rotatable bonds is 31. The van der Waals surface area contributed by atoms with Gasteiger partial charge >= 0.3 is 12.1 Å². The maximum Gasteiger partial charge on any atom is 0.410 e. The van der Waals surface area contributed by atoms with Crippen LogP contribution in [0.25, 0.3) is 33.4 Å². The van der Waals surface area contributed by atoms with Crippen molar-refractivity contribution in [3.05, 3.63) is 107 Å². The molecule has 8 heterocycles. The lowest BCUT2D eigenvalue weighted by Gasteiger charge is -2.42. The minimum Gasteiger partial charge on any atom is -0.459 e. The van der Waals surface area contributed by atoms with Crippen LogP contribution < -0.4 is 28.3 Å². The highest BCUT2D eigenvalue weighted by molar-refractivity contribution is 6.39. The van der Waals surface area contributed by atoms with Gasteiger partial charge in [-0.2, -0.15) is 10.1 Å². The summed E-state index contributed by atoms with van der Waals surface area (Å²) in [5.74, 6) is -7.62. The largest absolute Gasteiger partial charge is 0.459 e. The molecular formula is C93H135N13O22. The van der Waals surface area contributed by atoms with Crippen molar-refractivity contribution in [2.45, 2.75) is 230 Å². The van der Waals surface area contributed by atoms with Crippen molar-refractivity contribution in [3.8, 4) is 11.3 Å². The Morgan fingerprint density at radius 1 is 0.703 bits per heavy atom. The number of aliphatic hydroxyl groups is 3. The minimum absolute atomic E-state index is 0.0326. The molecule has 6 aliphatic rings. The number of ether oxygens (including phenoxy) is 11. The molecule has 1 aliphatic carbocycles. The number of carbonyl (C=O) groups excluding carboxylic acids is 7. The third kappa shape index (κ3) is 27.1. The van der Waals surface area contributed by atoms with Crippen molar-refractivity contribution in [2.75, 3.05) is 138 Å². The van der Waals surface area contributed by atoms with E-state index < -0.39 is 108 Å². The average Bonchev–Trinajstić information content (AvgIpc) is 1.55. The number of aromatic nitrogens is 5. The monoisotopic (exact) mass is 1790 g/mol. The molecule has 0 radical (unpaired) electrons. The molecule has 4 fully saturated rings. The molecule has 4 amide bonds. The van der Waals surface area contributed by atoms with Gasteiger partial charge in [-0.05, 0) is 174 Å². The number of nitrogens with one attached hydrogen (secondary N) is 1. The lowest BCUT2D eigenvalue weighted by atomic mass is 9.80. The Morgan fingerprint density at radius 2 is 1.41 bits per heavy atom. The number of aliphatic hydroxyl groups excluding tert-OH is 2. The number of fused-ring (bicyclic) bond motifs is 6. The Kier molecular flexibility index (Phi) is 37.5. The molecule has 11 rings (SSSR count). The van der Waals surface area contributed by atoms with Gasteiger partial charge in [-0.1, -0.05) is 82.4 Å². The number of hydrogen-bond donors (Lipinski definition) is 8. The lowest BCUT2D eigenvalue weighted by Crippen LogP contribution is -2.61. The molecule has 704 valence electrons. The summed E-state index contributed by atoms with van der Waals surface area (Å²) >= 11 is 0. The third-order valence-corrected chi connectivity index (χ3v) is 25.7. The SMILES string of the molecule is CO[C@H]1C[C@@H]2CC[C@@H](C)[C@@](O)(O2)C(=O)C(=O)N2CCCC[C@H]2C(=O)O[C@H]([C@H](N)C[C@@H]2CC[C@@H](OC(=O)N3CCC(N)(C(=O)NCCOCCOCCOCCOCCOCCOCCC(=O)N4CCc5cc(Cn6nc(-c7ccc8oc(N)nc8c7)c7c(N)ncnc76)ccc5C4)CC3)[C@H](OC)C2)CC[C@H](C)/C=C(\C)[C@@H](O)[C@@H](O)C(=O)[C@H](C)C[C@H](C)/C=C/C=CC=C1C. The molecule has 0 spiro atoms. The fourth-order valence-electron chi connectivity index (χ4n) is 17.9. The van der Waals surface area contributed by atoms with Crippen LogP contribution in [0.15, 0.2) is 94.7 Å². The number of nitrogens with two attached hydrogens (primary N) is 4. The third-order valence-electron chi connectivity index (χ3n) is 25.7. The average molecular weight is 1790 g/mol. The van der Waals surface area contributed by atoms with Gasteiger partial charge in [0, 0.05) is 83.4 Å². The molecule has 3 saturated heterocycles. The highest BCUT2D eigenvalue weighted by Gasteiger charge is 2.53. The van der Waals surface area contributed by atoms with Crippen molar-refractivity contribution < 1.29 is 105 Å². The van der Waals surface area contributed by atoms with Gasteiger partial charge in [0.15, 0.2) is 17.0 Å². The Bertz CT molecular complexity index is 4640. The molecule has 2 bridgehead atoms. The standard InChI is InChI=1S/C93H135N13O22/c1-58-14-10-9-11-15-60(3)76(117-7)54-69-23-18-63(6)93(116,128-69)84(111)87(112)105-32-13-12-16-72(105)88(113)125-73(24-17-59(2)49-62(5)82(109)83(110)81(108)61(4)48-58)70(94)51-64-20-25-75(77(52-64)118-8)127-91(115)103-34-29-92(97,30-35-103)89(114)98-31-37-120-39-41-122-43-45-124-47-46-123-44-42-121-40-38-119-36-28-78(107)104-33-27-66-50-65(19-21-68(66)56-104)55-106-86-79(85(95)99-57-100-86)80(102-106)67-22-26-74-71(53-67)101-90(96)126-74/h9-11,14-15,19,21-22,26,49-50,53,57-59,61,63-64,69-70,72-73,75-77,82-83,109-110,116H,12-13,16-18,20,23-25,27-48,51-52,54-56,94,97H2,1-8H3,(H2,96,101)(H,98,114)(H2,95,99,100)/b11-9?,14-10+,60-15?,62-49+/t58-,59+,61-,63-,64+,69+,70-,72+,73+,75-,76+,77-,82-,83+,93-/m1/s1. The van der Waals surface area contributed by atoms with E-state index in [0.717, 1.165) is 28.7 Å². The molecule has 1 saturated carbocycles. The summed E-state index contributed by atoms with van der Waals surface area (Å²) in [6.45, 7) is 17.2. The molecule has 5 aromatic rings. The molecule has 15 atom stereocenters. The van der Waals surface area contributed by atoms with Crippen LogP contribution in [0.1, 0.15) is 161 Å². The molecule has 35 heteroatoms. The number of piperidine rings is 2. The number of allylic oxidation sites excluding steroid dienone is 6. The topological polar surface area (TPSA) is 477 Å². The molecule has 0 unspecified atom stereocenters. The molecule has 5 aliphatic heterocycles. The fourth-order valence-corrected chi connectivity index (χ4v) is 17.9. The number of anilines is 2. The number of amides is 4. The van der Waals surface area contributed by atoms with E-state index in [1.54, 1.807) is 52.0 Å². The van der Waals surface area contributed by atoms with Crippen molar-refractivity contribution in [3.63, 3.8) is 0 Å². The van der Waals surface area contributed by atoms with Crippen LogP contribution in [-0.2, 0) is 100 Å². The van der Waals surface area contributed by atoms with Crippen molar-refractivity contribution in [1.82, 2.24) is 44.7 Å². The van der Waals surface area contributed by atoms with Gasteiger partial charge in [0.25, 0.3) is 17.7 Å². The van der Waals surface area contributed by atoms with E-state index in [1.165, 1.54) is 16.8 Å². The van der Waals surface area contributed by atoms with E-state index in [-0.39, 0.29) is 114 Å². The molecule has 3 aromatic heterocycles. The van der Waals surface area contributed by atoms with E-state index in [9.17, 15) is 48.9 Å². The number of esters is 1. The van der Waals surface area contributed by atoms with Gasteiger partial charge in [-0.25, -0.2) is 24.2 Å². The first kappa shape index (κ1) is 99.5. The van der Waals surface area contributed by atoms with Gasteiger partial charge in [-0.15, -0.1) is 0 Å². The quantitative estimate of drug-likeness (QED) is 0.00931. The number of hydrogen-bond acceptors (Lipinski definition) is 30. The lowest BCUT2D eigenvalue weighted by molar-refractivity contribution is -0.265.